The van der Waals surface area contributed by atoms with Gasteiger partial charge in [-0.25, -0.2) is 9.78 Å². The molecule has 45 heavy (non-hydrogen) atoms. The van der Waals surface area contributed by atoms with Crippen LogP contribution in [0.15, 0.2) is 60.8 Å². The van der Waals surface area contributed by atoms with Crippen molar-refractivity contribution in [2.75, 3.05) is 62.7 Å². The number of carbonyl (C=O) groups excluding carboxylic acids is 3. The van der Waals surface area contributed by atoms with Gasteiger partial charge in [0, 0.05) is 51.0 Å². The standard InChI is InChI=1S/C32H35ClN6O6/c1-21-2-4-22(5-3-21)25(19-29(40)41)35-30(42)23-6-8-27(26(18-23)36-31(43)24-7-9-28(33)34-20-24)37-10-12-38(13-11-37)32(44)39-14-16-45-17-15-39/h2-9,18,20,25H,10-17,19H2,1H3,(H,35,42)(H,36,43)(H,40,41). The minimum atomic E-state index is -1.05. The van der Waals surface area contributed by atoms with Crippen LogP contribution in [0, 0.1) is 6.92 Å². The lowest BCUT2D eigenvalue weighted by atomic mass is 10.0. The van der Waals surface area contributed by atoms with E-state index in [0.717, 1.165) is 5.56 Å². The zero-order valence-electron chi connectivity index (χ0n) is 24.9. The first-order valence-corrected chi connectivity index (χ1v) is 15.1. The highest BCUT2D eigenvalue weighted by Gasteiger charge is 2.28. The number of aromatic nitrogens is 1. The summed E-state index contributed by atoms with van der Waals surface area (Å²) in [6, 6.07) is 14.6. The molecule has 4 amide bonds. The van der Waals surface area contributed by atoms with Crippen LogP contribution in [0.3, 0.4) is 0 Å². The summed E-state index contributed by atoms with van der Waals surface area (Å²) in [6.07, 6.45) is 1.06. The van der Waals surface area contributed by atoms with Crippen molar-refractivity contribution in [1.82, 2.24) is 20.1 Å². The van der Waals surface area contributed by atoms with E-state index in [9.17, 15) is 24.3 Å². The van der Waals surface area contributed by atoms with Gasteiger partial charge in [-0.1, -0.05) is 41.4 Å². The maximum Gasteiger partial charge on any atom is 0.320 e. The zero-order chi connectivity index (χ0) is 31.9. The number of carbonyl (C=O) groups is 4. The highest BCUT2D eigenvalue weighted by atomic mass is 35.5. The number of carboxylic acids is 1. The molecule has 0 radical (unpaired) electrons. The molecule has 13 heteroatoms. The second-order valence-electron chi connectivity index (χ2n) is 10.9. The van der Waals surface area contributed by atoms with Gasteiger partial charge in [-0.2, -0.15) is 0 Å². The van der Waals surface area contributed by atoms with Gasteiger partial charge in [0.1, 0.15) is 5.15 Å². The molecule has 2 aliphatic rings. The fourth-order valence-corrected chi connectivity index (χ4v) is 5.43. The number of carboxylic acid groups (broad SMARTS) is 1. The van der Waals surface area contributed by atoms with Crippen molar-refractivity contribution in [3.05, 3.63) is 88.2 Å². The number of aliphatic carboxylic acids is 1. The minimum Gasteiger partial charge on any atom is -0.481 e. The summed E-state index contributed by atoms with van der Waals surface area (Å²) < 4.78 is 5.37. The summed E-state index contributed by atoms with van der Waals surface area (Å²) in [5.41, 5.74) is 3.27. The van der Waals surface area contributed by atoms with Crippen molar-refractivity contribution < 1.29 is 29.0 Å². The van der Waals surface area contributed by atoms with E-state index in [1.54, 1.807) is 41.3 Å². The van der Waals surface area contributed by atoms with Gasteiger partial charge in [0.25, 0.3) is 11.8 Å². The number of piperazine rings is 1. The largest absolute Gasteiger partial charge is 0.481 e. The molecule has 1 atom stereocenters. The number of benzene rings is 2. The molecule has 3 heterocycles. The van der Waals surface area contributed by atoms with Gasteiger partial charge < -0.3 is 35.2 Å². The molecular formula is C32H35ClN6O6. The lowest BCUT2D eigenvalue weighted by Gasteiger charge is -2.39. The Kier molecular flexibility index (Phi) is 10.2. The number of aryl methyl sites for hydroxylation is 1. The number of anilines is 2. The lowest BCUT2D eigenvalue weighted by molar-refractivity contribution is -0.137. The third kappa shape index (κ3) is 8.08. The van der Waals surface area contributed by atoms with Crippen molar-refractivity contribution in [3.63, 3.8) is 0 Å². The first-order chi connectivity index (χ1) is 21.7. The molecule has 0 aliphatic carbocycles. The Balaban J connectivity index is 1.37. The number of halogens is 1. The number of morpholine rings is 1. The van der Waals surface area contributed by atoms with Gasteiger partial charge >= 0.3 is 12.0 Å². The molecule has 2 aromatic carbocycles. The molecule has 0 bridgehead atoms. The predicted molar refractivity (Wildman–Crippen MR) is 169 cm³/mol. The van der Waals surface area contributed by atoms with E-state index in [1.807, 2.05) is 24.0 Å². The molecule has 3 aromatic rings. The van der Waals surface area contributed by atoms with Crippen molar-refractivity contribution in [3.8, 4) is 0 Å². The van der Waals surface area contributed by atoms with Gasteiger partial charge in [-0.3, -0.25) is 14.4 Å². The number of amides is 4. The summed E-state index contributed by atoms with van der Waals surface area (Å²) >= 11 is 5.90. The summed E-state index contributed by atoms with van der Waals surface area (Å²) in [6.45, 7) is 6.11. The fourth-order valence-electron chi connectivity index (χ4n) is 5.32. The van der Waals surface area contributed by atoms with Crippen LogP contribution in [0.4, 0.5) is 16.2 Å². The number of urea groups is 1. The Morgan fingerprint density at radius 3 is 2.20 bits per heavy atom. The van der Waals surface area contributed by atoms with E-state index in [1.165, 1.54) is 12.3 Å². The Labute approximate surface area is 265 Å². The van der Waals surface area contributed by atoms with Crippen LogP contribution in [-0.4, -0.2) is 96.2 Å². The van der Waals surface area contributed by atoms with Crippen LogP contribution in [0.1, 0.15) is 44.3 Å². The molecule has 2 aliphatic heterocycles. The number of pyridine rings is 1. The van der Waals surface area contributed by atoms with Crippen LogP contribution in [-0.2, 0) is 9.53 Å². The van der Waals surface area contributed by atoms with Crippen LogP contribution in [0.5, 0.6) is 0 Å². The number of rotatable bonds is 8. The van der Waals surface area contributed by atoms with Gasteiger partial charge in [-0.15, -0.1) is 0 Å². The minimum absolute atomic E-state index is 0.0155. The first kappa shape index (κ1) is 31.7. The Bertz CT molecular complexity index is 1540. The van der Waals surface area contributed by atoms with Crippen molar-refractivity contribution in [1.29, 1.82) is 0 Å². The average Bonchev–Trinajstić information content (AvgIpc) is 3.05. The maximum absolute atomic E-state index is 13.5. The lowest BCUT2D eigenvalue weighted by Crippen LogP contribution is -2.54. The molecule has 0 saturated carbocycles. The number of nitrogens with one attached hydrogen (secondary N) is 2. The molecule has 0 spiro atoms. The van der Waals surface area contributed by atoms with Crippen molar-refractivity contribution in [2.45, 2.75) is 19.4 Å². The van der Waals surface area contributed by atoms with Crippen molar-refractivity contribution in [2.24, 2.45) is 0 Å². The Hall–Kier alpha value is -4.68. The molecule has 12 nitrogen and oxygen atoms in total. The summed E-state index contributed by atoms with van der Waals surface area (Å²) in [5.74, 6) is -1.98. The van der Waals surface area contributed by atoms with E-state index in [2.05, 4.69) is 20.5 Å². The molecular weight excluding hydrogens is 600 g/mol. The maximum atomic E-state index is 13.5. The van der Waals surface area contributed by atoms with Crippen LogP contribution in [0.25, 0.3) is 0 Å². The topological polar surface area (TPSA) is 144 Å². The Morgan fingerprint density at radius 2 is 1.56 bits per heavy atom. The normalized spacial score (nSPS) is 15.7. The molecule has 2 saturated heterocycles. The Morgan fingerprint density at radius 1 is 0.889 bits per heavy atom. The van der Waals surface area contributed by atoms with Crippen LogP contribution >= 0.6 is 11.6 Å². The van der Waals surface area contributed by atoms with Crippen LogP contribution in [0.2, 0.25) is 5.15 Å². The quantitative estimate of drug-likeness (QED) is 0.317. The van der Waals surface area contributed by atoms with E-state index < -0.39 is 23.8 Å². The summed E-state index contributed by atoms with van der Waals surface area (Å²) in [5, 5.41) is 15.5. The number of hydrogen-bond donors (Lipinski definition) is 3. The van der Waals surface area contributed by atoms with E-state index in [4.69, 9.17) is 16.3 Å². The first-order valence-electron chi connectivity index (χ1n) is 14.7. The van der Waals surface area contributed by atoms with E-state index in [0.29, 0.717) is 69.4 Å². The summed E-state index contributed by atoms with van der Waals surface area (Å²) in [7, 11) is 0. The van der Waals surface area contributed by atoms with Gasteiger partial charge in [0.15, 0.2) is 0 Å². The SMILES string of the molecule is Cc1ccc(C(CC(=O)O)NC(=O)c2ccc(N3CCN(C(=O)N4CCOCC4)CC3)c(NC(=O)c3ccc(Cl)nc3)c2)cc1. The highest BCUT2D eigenvalue weighted by Crippen LogP contribution is 2.30. The van der Waals surface area contributed by atoms with E-state index >= 15 is 0 Å². The molecule has 1 unspecified atom stereocenters. The average molecular weight is 635 g/mol. The number of nitrogens with zero attached hydrogens (tertiary/aromatic N) is 4. The van der Waals surface area contributed by atoms with Gasteiger partial charge in [0.2, 0.25) is 0 Å². The fraction of sp³-hybridized carbons (Fsp3) is 0.344. The van der Waals surface area contributed by atoms with Gasteiger partial charge in [0.05, 0.1) is 42.6 Å². The zero-order valence-corrected chi connectivity index (χ0v) is 25.6. The van der Waals surface area contributed by atoms with E-state index in [-0.39, 0.29) is 28.7 Å². The third-order valence-corrected chi connectivity index (χ3v) is 8.06. The summed E-state index contributed by atoms with van der Waals surface area (Å²) in [4.78, 5) is 61.0. The molecule has 1 aromatic heterocycles. The molecule has 5 rings (SSSR count). The van der Waals surface area contributed by atoms with Gasteiger partial charge in [-0.05, 0) is 42.8 Å². The third-order valence-electron chi connectivity index (χ3n) is 7.83. The monoisotopic (exact) mass is 634 g/mol. The second kappa shape index (κ2) is 14.4. The molecule has 236 valence electrons. The van der Waals surface area contributed by atoms with Crippen molar-refractivity contribution >= 4 is 46.8 Å². The smallest absolute Gasteiger partial charge is 0.320 e. The predicted octanol–water partition coefficient (Wildman–Crippen LogP) is 3.82. The van der Waals surface area contributed by atoms with Crippen LogP contribution < -0.4 is 15.5 Å². The number of ether oxygens (including phenoxy) is 1. The molecule has 2 fully saturated rings. The number of hydrogen-bond acceptors (Lipinski definition) is 7. The highest BCUT2D eigenvalue weighted by molar-refractivity contribution is 6.29. The second-order valence-corrected chi connectivity index (χ2v) is 11.3. The molecule has 3 N–H and O–H groups in total.